The van der Waals surface area contributed by atoms with E-state index < -0.39 is 12.0 Å². The lowest BCUT2D eigenvalue weighted by Gasteiger charge is -2.03. The van der Waals surface area contributed by atoms with Crippen molar-refractivity contribution in [1.82, 2.24) is 29.9 Å². The van der Waals surface area contributed by atoms with Crippen LogP contribution in [0.3, 0.4) is 0 Å². The molecule has 1 aromatic carbocycles. The summed E-state index contributed by atoms with van der Waals surface area (Å²) in [6.07, 6.45) is -2.99. The number of hydrogen-bond donors (Lipinski definition) is 1. The van der Waals surface area contributed by atoms with Crippen LogP contribution in [-0.4, -0.2) is 29.9 Å². The number of benzene rings is 1. The molecule has 138 valence electrons. The van der Waals surface area contributed by atoms with Crippen molar-refractivity contribution in [3.63, 3.8) is 0 Å². The van der Waals surface area contributed by atoms with Gasteiger partial charge >= 0.3 is 6.18 Å². The predicted octanol–water partition coefficient (Wildman–Crippen LogP) is 3.60. The second kappa shape index (κ2) is 6.15. The number of nitrogens with zero attached hydrogens (tertiary/aromatic N) is 5. The van der Waals surface area contributed by atoms with E-state index in [0.29, 0.717) is 27.9 Å². The van der Waals surface area contributed by atoms with E-state index >= 15 is 0 Å². The maximum absolute atomic E-state index is 14.3. The Kier molecular flexibility index (Phi) is 3.90. The average molecular weight is 376 g/mol. The van der Waals surface area contributed by atoms with Gasteiger partial charge in [0.25, 0.3) is 5.95 Å². The first-order valence-corrected chi connectivity index (χ1v) is 7.91. The van der Waals surface area contributed by atoms with Crippen molar-refractivity contribution in [2.45, 2.75) is 19.5 Å². The first kappa shape index (κ1) is 17.1. The van der Waals surface area contributed by atoms with Gasteiger partial charge in [-0.3, -0.25) is 10.1 Å². The molecule has 0 saturated heterocycles. The molecule has 0 amide bonds. The number of halogens is 4. The van der Waals surface area contributed by atoms with Gasteiger partial charge in [-0.1, -0.05) is 18.2 Å². The molecule has 0 unspecified atom stereocenters. The number of hydrogen-bond acceptors (Lipinski definition) is 4. The van der Waals surface area contributed by atoms with Crippen LogP contribution in [-0.2, 0) is 12.6 Å². The highest BCUT2D eigenvalue weighted by Crippen LogP contribution is 2.27. The third-order valence-corrected chi connectivity index (χ3v) is 4.07. The van der Waals surface area contributed by atoms with Crippen LogP contribution in [0.4, 0.5) is 17.6 Å². The zero-order valence-electron chi connectivity index (χ0n) is 13.9. The fourth-order valence-electron chi connectivity index (χ4n) is 2.78. The summed E-state index contributed by atoms with van der Waals surface area (Å²) < 4.78 is 53.9. The van der Waals surface area contributed by atoms with Gasteiger partial charge in [0.15, 0.2) is 0 Å². The normalized spacial score (nSPS) is 12.0. The number of alkyl halides is 3. The van der Waals surface area contributed by atoms with Crippen molar-refractivity contribution >= 4 is 11.0 Å². The monoisotopic (exact) mass is 376 g/mol. The van der Waals surface area contributed by atoms with Gasteiger partial charge < -0.3 is 0 Å². The maximum atomic E-state index is 14.3. The van der Waals surface area contributed by atoms with Crippen LogP contribution in [0.5, 0.6) is 0 Å². The number of aromatic nitrogens is 6. The van der Waals surface area contributed by atoms with E-state index in [2.05, 4.69) is 20.2 Å². The van der Waals surface area contributed by atoms with Gasteiger partial charge in [-0.15, -0.1) is 5.10 Å². The predicted molar refractivity (Wildman–Crippen MR) is 87.8 cm³/mol. The quantitative estimate of drug-likeness (QED) is 0.555. The number of H-pyrrole nitrogens is 1. The minimum Gasteiger partial charge on any atom is -0.253 e. The van der Waals surface area contributed by atoms with Crippen LogP contribution in [0.25, 0.3) is 17.0 Å². The Hall–Kier alpha value is -3.30. The summed E-state index contributed by atoms with van der Waals surface area (Å²) in [4.78, 5) is 7.70. The van der Waals surface area contributed by atoms with E-state index in [1.165, 1.54) is 6.20 Å². The molecule has 0 saturated carbocycles. The summed E-state index contributed by atoms with van der Waals surface area (Å²) in [7, 11) is 0. The fraction of sp³-hybridized carbons (Fsp3) is 0.176. The maximum Gasteiger partial charge on any atom is 0.451 e. The molecule has 4 aromatic rings. The largest absolute Gasteiger partial charge is 0.451 e. The second-order valence-corrected chi connectivity index (χ2v) is 5.94. The van der Waals surface area contributed by atoms with E-state index in [1.54, 1.807) is 37.3 Å². The molecular formula is C17H12F4N6. The Bertz CT molecular complexity index is 1130. The van der Waals surface area contributed by atoms with Gasteiger partial charge in [-0.25, -0.2) is 4.39 Å². The number of rotatable bonds is 3. The number of pyridine rings is 1. The van der Waals surface area contributed by atoms with Crippen molar-refractivity contribution < 1.29 is 17.6 Å². The van der Waals surface area contributed by atoms with Crippen molar-refractivity contribution in [2.24, 2.45) is 0 Å². The molecule has 0 fully saturated rings. The molecule has 4 rings (SSSR count). The van der Waals surface area contributed by atoms with E-state index in [1.807, 2.05) is 5.10 Å². The van der Waals surface area contributed by atoms with Crippen molar-refractivity contribution in [1.29, 1.82) is 0 Å². The molecule has 0 atom stereocenters. The topological polar surface area (TPSA) is 72.3 Å². The number of nitrogens with one attached hydrogen (secondary N) is 1. The number of aryl methyl sites for hydroxylation is 1. The summed E-state index contributed by atoms with van der Waals surface area (Å²) in [5.74, 6) is -1.85. The average Bonchev–Trinajstić information content (AvgIpc) is 3.24. The molecule has 27 heavy (non-hydrogen) atoms. The summed E-state index contributed by atoms with van der Waals surface area (Å²) in [6, 6.07) is 8.26. The van der Waals surface area contributed by atoms with Crippen LogP contribution < -0.4 is 0 Å². The van der Waals surface area contributed by atoms with Gasteiger partial charge in [-0.2, -0.15) is 27.9 Å². The Morgan fingerprint density at radius 1 is 1.15 bits per heavy atom. The van der Waals surface area contributed by atoms with Crippen LogP contribution in [0.2, 0.25) is 0 Å². The smallest absolute Gasteiger partial charge is 0.253 e. The van der Waals surface area contributed by atoms with Gasteiger partial charge in [0, 0.05) is 12.6 Å². The fourth-order valence-corrected chi connectivity index (χ4v) is 2.78. The van der Waals surface area contributed by atoms with E-state index in [-0.39, 0.29) is 18.2 Å². The zero-order chi connectivity index (χ0) is 19.2. The van der Waals surface area contributed by atoms with Gasteiger partial charge in [0.1, 0.15) is 11.3 Å². The lowest BCUT2D eigenvalue weighted by molar-refractivity contribution is -0.144. The van der Waals surface area contributed by atoms with E-state index in [4.69, 9.17) is 0 Å². The van der Waals surface area contributed by atoms with E-state index in [9.17, 15) is 17.6 Å². The number of fused-ring (bicyclic) bond motifs is 1. The van der Waals surface area contributed by atoms with Gasteiger partial charge in [0.05, 0.1) is 11.2 Å². The minimum absolute atomic E-state index is 0.130. The van der Waals surface area contributed by atoms with Gasteiger partial charge in [0.2, 0.25) is 5.82 Å². The lowest BCUT2D eigenvalue weighted by atomic mass is 10.1. The van der Waals surface area contributed by atoms with E-state index in [0.717, 1.165) is 4.68 Å². The molecule has 0 spiro atoms. The number of aromatic amines is 1. The Morgan fingerprint density at radius 3 is 2.70 bits per heavy atom. The lowest BCUT2D eigenvalue weighted by Crippen LogP contribution is -2.08. The highest BCUT2D eigenvalue weighted by atomic mass is 19.4. The molecule has 10 heteroatoms. The summed E-state index contributed by atoms with van der Waals surface area (Å²) in [5.41, 5.74) is 2.18. The molecule has 3 aromatic heterocycles. The van der Waals surface area contributed by atoms with Gasteiger partial charge in [-0.05, 0) is 30.2 Å². The Labute approximate surface area is 149 Å². The Morgan fingerprint density at radius 2 is 1.96 bits per heavy atom. The molecule has 6 nitrogen and oxygen atoms in total. The SMILES string of the molecule is Cc1cccc(Cc2nn(-c3n[nH]c(C(F)(F)F)n3)c3cccnc23)c1F. The van der Waals surface area contributed by atoms with Crippen LogP contribution in [0, 0.1) is 12.7 Å². The highest BCUT2D eigenvalue weighted by molar-refractivity contribution is 5.79. The standard InChI is InChI=1S/C17H12F4N6/c1-9-4-2-5-10(13(9)18)8-11-14-12(6-3-7-22-14)27(26-11)16-23-15(24-25-16)17(19,20)21/h2-7H,8H2,1H3,(H,23,24,25). The first-order valence-electron chi connectivity index (χ1n) is 7.91. The molecular weight excluding hydrogens is 364 g/mol. The van der Waals surface area contributed by atoms with Crippen LogP contribution in [0.1, 0.15) is 22.6 Å². The van der Waals surface area contributed by atoms with Crippen LogP contribution in [0.15, 0.2) is 36.5 Å². The molecule has 0 radical (unpaired) electrons. The molecule has 0 aliphatic heterocycles. The summed E-state index contributed by atoms with van der Waals surface area (Å²) in [5, 5.41) is 9.75. The van der Waals surface area contributed by atoms with Crippen molar-refractivity contribution in [3.8, 4) is 5.95 Å². The summed E-state index contributed by atoms with van der Waals surface area (Å²) >= 11 is 0. The molecule has 1 N–H and O–H groups in total. The van der Waals surface area contributed by atoms with Crippen molar-refractivity contribution in [2.75, 3.05) is 0 Å². The summed E-state index contributed by atoms with van der Waals surface area (Å²) in [6.45, 7) is 1.65. The zero-order valence-corrected chi connectivity index (χ0v) is 13.9. The highest BCUT2D eigenvalue weighted by Gasteiger charge is 2.35. The minimum atomic E-state index is -4.65. The Balaban J connectivity index is 1.82. The first-order chi connectivity index (χ1) is 12.8. The molecule has 0 aliphatic carbocycles. The van der Waals surface area contributed by atoms with Crippen LogP contribution >= 0.6 is 0 Å². The molecule has 0 bridgehead atoms. The molecule has 3 heterocycles. The van der Waals surface area contributed by atoms with Crippen molar-refractivity contribution in [3.05, 3.63) is 65.0 Å². The molecule has 0 aliphatic rings. The second-order valence-electron chi connectivity index (χ2n) is 5.94. The third kappa shape index (κ3) is 3.03. The third-order valence-electron chi connectivity index (χ3n) is 4.07.